The summed E-state index contributed by atoms with van der Waals surface area (Å²) < 4.78 is 5.25. The van der Waals surface area contributed by atoms with Crippen LogP contribution in [0.5, 0.6) is 0 Å². The molecule has 4 N–H and O–H groups in total. The molecular formula is C23H31N5O3. The fourth-order valence-corrected chi connectivity index (χ4v) is 3.25. The van der Waals surface area contributed by atoms with E-state index in [1.54, 1.807) is 0 Å². The van der Waals surface area contributed by atoms with E-state index in [4.69, 9.17) is 15.5 Å². The minimum atomic E-state index is -0.607. The van der Waals surface area contributed by atoms with Gasteiger partial charge >= 0.3 is 6.09 Å². The molecule has 8 heteroatoms. The summed E-state index contributed by atoms with van der Waals surface area (Å²) in [6.07, 6.45) is 3.09. The van der Waals surface area contributed by atoms with Crippen molar-refractivity contribution >= 4 is 23.5 Å². The summed E-state index contributed by atoms with van der Waals surface area (Å²) in [5, 5.41) is 5.97. The van der Waals surface area contributed by atoms with Crippen LogP contribution in [0.25, 0.3) is 0 Å². The van der Waals surface area contributed by atoms with Crippen molar-refractivity contribution in [2.75, 3.05) is 11.9 Å². The Balaban J connectivity index is 1.71. The molecule has 0 atom stereocenters. The predicted molar refractivity (Wildman–Crippen MR) is 120 cm³/mol. The molecule has 0 saturated heterocycles. The van der Waals surface area contributed by atoms with Gasteiger partial charge in [-0.25, -0.2) is 14.8 Å². The first-order valence-electron chi connectivity index (χ1n) is 10.7. The average molecular weight is 426 g/mol. The minimum absolute atomic E-state index is 0.151. The monoisotopic (exact) mass is 425 g/mol. The van der Waals surface area contributed by atoms with Crippen molar-refractivity contribution < 1.29 is 14.3 Å². The van der Waals surface area contributed by atoms with Crippen LogP contribution >= 0.6 is 0 Å². The Hall–Kier alpha value is -3.16. The number of nitrogens with one attached hydrogen (secondary N) is 2. The second-order valence-electron chi connectivity index (χ2n) is 8.75. The van der Waals surface area contributed by atoms with Crippen molar-refractivity contribution in [1.29, 1.82) is 0 Å². The third-order valence-electron chi connectivity index (χ3n) is 4.80. The summed E-state index contributed by atoms with van der Waals surface area (Å²) >= 11 is 0. The Labute approximate surface area is 183 Å². The number of hydrogen-bond acceptors (Lipinski definition) is 6. The number of anilines is 2. The highest BCUT2D eigenvalue weighted by atomic mass is 16.6. The van der Waals surface area contributed by atoms with Crippen molar-refractivity contribution in [2.24, 2.45) is 5.73 Å². The molecule has 166 valence electrons. The average Bonchev–Trinajstić information content (AvgIpc) is 3.51. The first-order chi connectivity index (χ1) is 14.7. The standard InChI is InChI=1S/C23H31N5O3/c1-5-17-18(15-9-10-15)28-21(19(27-17)20(24)29)26-16-8-6-7-14(13-16)11-12-25-22(30)31-23(2,3)4/h6-8,13,15H,5,9-12H2,1-4H3,(H2,24,29)(H,25,30)(H,26,28). The zero-order valence-corrected chi connectivity index (χ0v) is 18.6. The molecule has 0 radical (unpaired) electrons. The van der Waals surface area contributed by atoms with Gasteiger partial charge in [0.25, 0.3) is 5.91 Å². The fourth-order valence-electron chi connectivity index (χ4n) is 3.25. The smallest absolute Gasteiger partial charge is 0.407 e. The van der Waals surface area contributed by atoms with Crippen LogP contribution in [0.3, 0.4) is 0 Å². The molecule has 1 aliphatic rings. The third-order valence-corrected chi connectivity index (χ3v) is 4.80. The summed E-state index contributed by atoms with van der Waals surface area (Å²) in [6, 6.07) is 7.72. The van der Waals surface area contributed by atoms with Crippen molar-refractivity contribution in [3.63, 3.8) is 0 Å². The Kier molecular flexibility index (Phi) is 6.77. The number of primary amides is 1. The van der Waals surface area contributed by atoms with E-state index in [9.17, 15) is 9.59 Å². The number of carbonyl (C=O) groups excluding carboxylic acids is 2. The summed E-state index contributed by atoms with van der Waals surface area (Å²) in [6.45, 7) is 7.93. The van der Waals surface area contributed by atoms with Crippen molar-refractivity contribution in [1.82, 2.24) is 15.3 Å². The molecule has 2 aromatic rings. The molecule has 1 aromatic carbocycles. The number of amides is 2. The number of rotatable bonds is 8. The molecule has 1 aromatic heterocycles. The van der Waals surface area contributed by atoms with Gasteiger partial charge in [0.15, 0.2) is 11.5 Å². The number of alkyl carbamates (subject to hydrolysis) is 1. The number of aryl methyl sites for hydroxylation is 1. The third kappa shape index (κ3) is 6.41. The second kappa shape index (κ2) is 9.32. The lowest BCUT2D eigenvalue weighted by molar-refractivity contribution is 0.0528. The van der Waals surface area contributed by atoms with E-state index >= 15 is 0 Å². The highest BCUT2D eigenvalue weighted by Gasteiger charge is 2.30. The van der Waals surface area contributed by atoms with Crippen LogP contribution in [-0.4, -0.2) is 34.1 Å². The molecule has 8 nitrogen and oxygen atoms in total. The Morgan fingerprint density at radius 2 is 1.97 bits per heavy atom. The van der Waals surface area contributed by atoms with Crippen LogP contribution in [0.4, 0.5) is 16.3 Å². The number of nitrogens with zero attached hydrogens (tertiary/aromatic N) is 2. The van der Waals surface area contributed by atoms with Gasteiger partial charge in [0.05, 0.1) is 11.4 Å². The Morgan fingerprint density at radius 3 is 2.58 bits per heavy atom. The molecule has 0 aliphatic heterocycles. The lowest BCUT2D eigenvalue weighted by atomic mass is 10.1. The number of aromatic nitrogens is 2. The van der Waals surface area contributed by atoms with Crippen molar-refractivity contribution in [3.05, 3.63) is 46.9 Å². The van der Waals surface area contributed by atoms with Gasteiger partial charge < -0.3 is 21.1 Å². The number of ether oxygens (including phenoxy) is 1. The minimum Gasteiger partial charge on any atom is -0.444 e. The number of hydrogen-bond donors (Lipinski definition) is 3. The number of nitrogens with two attached hydrogens (primary N) is 1. The fraction of sp³-hybridized carbons (Fsp3) is 0.478. The van der Waals surface area contributed by atoms with Gasteiger partial charge in [-0.2, -0.15) is 0 Å². The van der Waals surface area contributed by atoms with Gasteiger partial charge in [0, 0.05) is 18.2 Å². The van der Waals surface area contributed by atoms with E-state index in [0.717, 1.165) is 35.5 Å². The molecule has 1 fully saturated rings. The van der Waals surface area contributed by atoms with E-state index in [-0.39, 0.29) is 5.69 Å². The first kappa shape index (κ1) is 22.5. The van der Waals surface area contributed by atoms with Gasteiger partial charge in [0.2, 0.25) is 0 Å². The van der Waals surface area contributed by atoms with Crippen LogP contribution in [0.15, 0.2) is 24.3 Å². The van der Waals surface area contributed by atoms with Gasteiger partial charge in [-0.05, 0) is 64.2 Å². The zero-order valence-electron chi connectivity index (χ0n) is 18.6. The van der Waals surface area contributed by atoms with Gasteiger partial charge in [0.1, 0.15) is 5.60 Å². The van der Waals surface area contributed by atoms with Crippen LogP contribution in [0.2, 0.25) is 0 Å². The molecule has 31 heavy (non-hydrogen) atoms. The van der Waals surface area contributed by atoms with Crippen molar-refractivity contribution in [2.45, 2.75) is 64.9 Å². The lowest BCUT2D eigenvalue weighted by Crippen LogP contribution is -2.33. The van der Waals surface area contributed by atoms with Gasteiger partial charge in [-0.15, -0.1) is 0 Å². The van der Waals surface area contributed by atoms with Crippen LogP contribution in [0, 0.1) is 0 Å². The van der Waals surface area contributed by atoms with Crippen LogP contribution < -0.4 is 16.4 Å². The maximum atomic E-state index is 12.0. The molecule has 0 spiro atoms. The van der Waals surface area contributed by atoms with E-state index < -0.39 is 17.6 Å². The van der Waals surface area contributed by atoms with Gasteiger partial charge in [-0.1, -0.05) is 19.1 Å². The van der Waals surface area contributed by atoms with E-state index in [1.165, 1.54) is 0 Å². The van der Waals surface area contributed by atoms with Crippen molar-refractivity contribution in [3.8, 4) is 0 Å². The topological polar surface area (TPSA) is 119 Å². The molecule has 0 bridgehead atoms. The summed E-state index contributed by atoms with van der Waals surface area (Å²) in [5.41, 5.74) is 8.77. The molecule has 2 amide bonds. The first-order valence-corrected chi connectivity index (χ1v) is 10.7. The normalized spacial score (nSPS) is 13.5. The Morgan fingerprint density at radius 1 is 1.23 bits per heavy atom. The summed E-state index contributed by atoms with van der Waals surface area (Å²) in [5.74, 6) is 0.190. The summed E-state index contributed by atoms with van der Waals surface area (Å²) in [7, 11) is 0. The summed E-state index contributed by atoms with van der Waals surface area (Å²) in [4.78, 5) is 33.0. The SMILES string of the molecule is CCc1nc(C(N)=O)c(Nc2cccc(CCNC(=O)OC(C)(C)C)c2)nc1C1CC1. The van der Waals surface area contributed by atoms with Gasteiger partial charge in [-0.3, -0.25) is 4.79 Å². The molecule has 1 saturated carbocycles. The lowest BCUT2D eigenvalue weighted by Gasteiger charge is -2.19. The Bertz CT molecular complexity index is 964. The molecule has 0 unspecified atom stereocenters. The zero-order chi connectivity index (χ0) is 22.6. The quantitative estimate of drug-likeness (QED) is 0.591. The highest BCUT2D eigenvalue weighted by Crippen LogP contribution is 2.41. The van der Waals surface area contributed by atoms with Crippen LogP contribution in [0.1, 0.15) is 73.9 Å². The van der Waals surface area contributed by atoms with E-state index in [1.807, 2.05) is 52.0 Å². The number of carbonyl (C=O) groups is 2. The van der Waals surface area contributed by atoms with Crippen LogP contribution in [-0.2, 0) is 17.6 Å². The van der Waals surface area contributed by atoms with E-state index in [0.29, 0.717) is 31.1 Å². The largest absolute Gasteiger partial charge is 0.444 e. The molecular weight excluding hydrogens is 394 g/mol. The molecule has 1 heterocycles. The predicted octanol–water partition coefficient (Wildman–Crippen LogP) is 3.83. The maximum Gasteiger partial charge on any atom is 0.407 e. The molecule has 3 rings (SSSR count). The molecule has 1 aliphatic carbocycles. The highest BCUT2D eigenvalue weighted by molar-refractivity contribution is 5.96. The van der Waals surface area contributed by atoms with E-state index in [2.05, 4.69) is 15.6 Å². The number of benzene rings is 1. The maximum absolute atomic E-state index is 12.0. The second-order valence-corrected chi connectivity index (χ2v) is 8.75.